The predicted molar refractivity (Wildman–Crippen MR) is 62.5 cm³/mol. The molecule has 0 aliphatic rings. The van der Waals surface area contributed by atoms with Gasteiger partial charge in [-0.2, -0.15) is 5.10 Å². The van der Waals surface area contributed by atoms with Crippen molar-refractivity contribution in [3.8, 4) is 5.69 Å². The molecule has 1 heterocycles. The van der Waals surface area contributed by atoms with Gasteiger partial charge in [-0.15, -0.1) is 0 Å². The maximum absolute atomic E-state index is 11.0. The second-order valence-corrected chi connectivity index (χ2v) is 5.31. The van der Waals surface area contributed by atoms with Crippen LogP contribution in [0.3, 0.4) is 0 Å². The zero-order chi connectivity index (χ0) is 12.5. The molecule has 0 radical (unpaired) electrons. The number of hydrogen-bond donors (Lipinski definition) is 3. The SMILES string of the molecule is N[C@H](c1ccc(-n2cccn2)cc1)P(=O)(O)O. The van der Waals surface area contributed by atoms with Gasteiger partial charge in [0.2, 0.25) is 0 Å². The zero-order valence-corrected chi connectivity index (χ0v) is 9.73. The number of benzene rings is 1. The normalized spacial score (nSPS) is 13.6. The summed E-state index contributed by atoms with van der Waals surface area (Å²) in [6.45, 7) is 0. The van der Waals surface area contributed by atoms with Gasteiger partial charge in [-0.1, -0.05) is 12.1 Å². The maximum Gasteiger partial charge on any atom is 0.346 e. The fraction of sp³-hybridized carbons (Fsp3) is 0.100. The van der Waals surface area contributed by atoms with Gasteiger partial charge in [-0.05, 0) is 23.8 Å². The van der Waals surface area contributed by atoms with E-state index in [-0.39, 0.29) is 0 Å². The molecule has 0 saturated carbocycles. The van der Waals surface area contributed by atoms with Crippen LogP contribution in [0.1, 0.15) is 11.3 Å². The summed E-state index contributed by atoms with van der Waals surface area (Å²) < 4.78 is 12.6. The minimum absolute atomic E-state index is 0.397. The third-order valence-electron chi connectivity index (χ3n) is 2.37. The Labute approximate surface area is 97.9 Å². The van der Waals surface area contributed by atoms with E-state index in [1.54, 1.807) is 47.4 Å². The first-order valence-corrected chi connectivity index (χ1v) is 6.57. The highest BCUT2D eigenvalue weighted by atomic mass is 31.2. The smallest absolute Gasteiger partial charge is 0.323 e. The second-order valence-electron chi connectivity index (χ2n) is 3.58. The molecule has 17 heavy (non-hydrogen) atoms. The molecule has 0 amide bonds. The summed E-state index contributed by atoms with van der Waals surface area (Å²) in [4.78, 5) is 17.9. The first-order chi connectivity index (χ1) is 7.98. The van der Waals surface area contributed by atoms with E-state index in [0.717, 1.165) is 5.69 Å². The van der Waals surface area contributed by atoms with E-state index >= 15 is 0 Å². The van der Waals surface area contributed by atoms with Crippen LogP contribution in [0.2, 0.25) is 0 Å². The summed E-state index contributed by atoms with van der Waals surface area (Å²) in [6.07, 6.45) is 3.42. The molecule has 2 rings (SSSR count). The van der Waals surface area contributed by atoms with E-state index in [1.807, 2.05) is 0 Å². The number of rotatable bonds is 3. The Kier molecular flexibility index (Phi) is 3.13. The molecule has 6 nitrogen and oxygen atoms in total. The van der Waals surface area contributed by atoms with Crippen molar-refractivity contribution in [2.45, 2.75) is 5.78 Å². The summed E-state index contributed by atoms with van der Waals surface area (Å²) in [7, 11) is -4.30. The Balaban J connectivity index is 2.28. The lowest BCUT2D eigenvalue weighted by molar-refractivity contribution is 0.359. The lowest BCUT2D eigenvalue weighted by Crippen LogP contribution is -2.10. The fourth-order valence-corrected chi connectivity index (χ4v) is 2.00. The zero-order valence-electron chi connectivity index (χ0n) is 8.84. The lowest BCUT2D eigenvalue weighted by atomic mass is 10.2. The standard InChI is InChI=1S/C10H12N3O3P/c11-10(17(14,15)16)8-2-4-9(5-3-8)13-7-1-6-12-13/h1-7,10H,11H2,(H2,14,15,16)/t10-/m0/s1. The third kappa shape index (κ3) is 2.62. The van der Waals surface area contributed by atoms with Crippen molar-refractivity contribution in [2.75, 3.05) is 0 Å². The number of nitrogens with two attached hydrogens (primary N) is 1. The van der Waals surface area contributed by atoms with Crippen LogP contribution in [-0.4, -0.2) is 19.6 Å². The monoisotopic (exact) mass is 253 g/mol. The molecule has 0 aliphatic carbocycles. The molecule has 1 aromatic heterocycles. The van der Waals surface area contributed by atoms with Crippen molar-refractivity contribution in [2.24, 2.45) is 5.73 Å². The van der Waals surface area contributed by atoms with Crippen molar-refractivity contribution < 1.29 is 14.4 Å². The molecule has 7 heteroatoms. The Morgan fingerprint density at radius 2 is 1.94 bits per heavy atom. The van der Waals surface area contributed by atoms with Gasteiger partial charge in [0.1, 0.15) is 5.78 Å². The molecule has 2 aromatic rings. The highest BCUT2D eigenvalue weighted by Crippen LogP contribution is 2.47. The summed E-state index contributed by atoms with van der Waals surface area (Å²) in [5, 5.41) is 4.04. The molecule has 0 saturated heterocycles. The van der Waals surface area contributed by atoms with Crippen LogP contribution >= 0.6 is 7.60 Å². The Morgan fingerprint density at radius 3 is 2.41 bits per heavy atom. The van der Waals surface area contributed by atoms with E-state index in [1.165, 1.54) is 0 Å². The molecule has 0 spiro atoms. The van der Waals surface area contributed by atoms with E-state index in [9.17, 15) is 4.57 Å². The number of hydrogen-bond acceptors (Lipinski definition) is 3. The molecule has 0 fully saturated rings. The lowest BCUT2D eigenvalue weighted by Gasteiger charge is -2.13. The van der Waals surface area contributed by atoms with Gasteiger partial charge in [0.15, 0.2) is 0 Å². The van der Waals surface area contributed by atoms with Crippen LogP contribution < -0.4 is 5.73 Å². The molecule has 1 aromatic carbocycles. The highest BCUT2D eigenvalue weighted by molar-refractivity contribution is 7.52. The summed E-state index contributed by atoms with van der Waals surface area (Å²) in [5.41, 5.74) is 6.66. The van der Waals surface area contributed by atoms with Crippen LogP contribution in [-0.2, 0) is 4.57 Å². The van der Waals surface area contributed by atoms with Crippen molar-refractivity contribution >= 4 is 7.60 Å². The molecular formula is C10H12N3O3P. The minimum atomic E-state index is -4.30. The Morgan fingerprint density at radius 1 is 1.29 bits per heavy atom. The van der Waals surface area contributed by atoms with Crippen LogP contribution in [0.15, 0.2) is 42.7 Å². The van der Waals surface area contributed by atoms with Gasteiger partial charge in [0.05, 0.1) is 5.69 Å². The molecule has 1 atom stereocenters. The van der Waals surface area contributed by atoms with E-state index in [2.05, 4.69) is 5.10 Å². The first-order valence-electron chi connectivity index (χ1n) is 4.89. The largest absolute Gasteiger partial charge is 0.346 e. The van der Waals surface area contributed by atoms with Gasteiger partial charge in [-0.25, -0.2) is 4.68 Å². The predicted octanol–water partition coefficient (Wildman–Crippen LogP) is 1.01. The maximum atomic E-state index is 11.0. The van der Waals surface area contributed by atoms with Gasteiger partial charge >= 0.3 is 7.60 Å². The molecule has 4 N–H and O–H groups in total. The summed E-state index contributed by atoms with van der Waals surface area (Å²) >= 11 is 0. The molecule has 0 unspecified atom stereocenters. The molecular weight excluding hydrogens is 241 g/mol. The Bertz CT molecular complexity index is 532. The number of nitrogens with zero attached hydrogens (tertiary/aromatic N) is 2. The van der Waals surface area contributed by atoms with Crippen LogP contribution in [0, 0.1) is 0 Å². The van der Waals surface area contributed by atoms with Crippen LogP contribution in [0.4, 0.5) is 0 Å². The molecule has 0 aliphatic heterocycles. The quantitative estimate of drug-likeness (QED) is 0.708. The molecule has 90 valence electrons. The summed E-state index contributed by atoms with van der Waals surface area (Å²) in [6, 6.07) is 8.37. The van der Waals surface area contributed by atoms with Crippen molar-refractivity contribution in [3.05, 3.63) is 48.3 Å². The fourth-order valence-electron chi connectivity index (χ4n) is 1.44. The van der Waals surface area contributed by atoms with Crippen LogP contribution in [0.25, 0.3) is 5.69 Å². The second kappa shape index (κ2) is 4.43. The van der Waals surface area contributed by atoms with Crippen molar-refractivity contribution in [1.29, 1.82) is 0 Å². The van der Waals surface area contributed by atoms with Gasteiger partial charge in [0.25, 0.3) is 0 Å². The third-order valence-corrected chi connectivity index (χ3v) is 3.39. The minimum Gasteiger partial charge on any atom is -0.323 e. The van der Waals surface area contributed by atoms with E-state index in [0.29, 0.717) is 5.56 Å². The Hall–Kier alpha value is -1.46. The number of aromatic nitrogens is 2. The molecule has 0 bridgehead atoms. The van der Waals surface area contributed by atoms with E-state index < -0.39 is 13.4 Å². The topological polar surface area (TPSA) is 101 Å². The first kappa shape index (κ1) is 12.0. The average Bonchev–Trinajstić information content (AvgIpc) is 2.80. The van der Waals surface area contributed by atoms with Crippen LogP contribution in [0.5, 0.6) is 0 Å². The van der Waals surface area contributed by atoms with Crippen molar-refractivity contribution in [1.82, 2.24) is 9.78 Å². The summed E-state index contributed by atoms with van der Waals surface area (Å²) in [5.74, 6) is -1.28. The van der Waals surface area contributed by atoms with E-state index in [4.69, 9.17) is 15.5 Å². The highest BCUT2D eigenvalue weighted by Gasteiger charge is 2.26. The average molecular weight is 253 g/mol. The van der Waals surface area contributed by atoms with Crippen molar-refractivity contribution in [3.63, 3.8) is 0 Å². The van der Waals surface area contributed by atoms with Gasteiger partial charge in [0, 0.05) is 12.4 Å². The van der Waals surface area contributed by atoms with Gasteiger partial charge in [-0.3, -0.25) is 4.57 Å². The van der Waals surface area contributed by atoms with Gasteiger partial charge < -0.3 is 15.5 Å².